The Bertz CT molecular complexity index is 379. The molecule has 0 aliphatic carbocycles. The normalized spacial score (nSPS) is 19.6. The van der Waals surface area contributed by atoms with Gasteiger partial charge in [0, 0.05) is 12.5 Å². The standard InChI is InChI=1S/C11H11NO3/c13-8-12-9-2-1-3-10(6-9)15-11-4-5-14-7-11/h1-3,6,11H,4-5,7H2/t11-/m1/s1. The molecule has 0 spiro atoms. The lowest BCUT2D eigenvalue weighted by atomic mass is 10.3. The van der Waals surface area contributed by atoms with Crippen molar-refractivity contribution in [3.8, 4) is 5.75 Å². The Morgan fingerprint density at radius 3 is 3.20 bits per heavy atom. The first-order chi connectivity index (χ1) is 7.38. The maximum atomic E-state index is 10.1. The Hall–Kier alpha value is -1.64. The number of hydrogen-bond donors (Lipinski definition) is 0. The van der Waals surface area contributed by atoms with Crippen molar-refractivity contribution in [2.24, 2.45) is 4.99 Å². The molecule has 1 aliphatic heterocycles. The van der Waals surface area contributed by atoms with Crippen molar-refractivity contribution in [2.75, 3.05) is 13.2 Å². The van der Waals surface area contributed by atoms with Crippen molar-refractivity contribution in [3.05, 3.63) is 24.3 Å². The van der Waals surface area contributed by atoms with Crippen LogP contribution in [-0.4, -0.2) is 25.4 Å². The number of rotatable bonds is 3. The lowest BCUT2D eigenvalue weighted by molar-refractivity contribution is 0.141. The number of ether oxygens (including phenoxy) is 2. The summed E-state index contributed by atoms with van der Waals surface area (Å²) in [6.07, 6.45) is 2.52. The summed E-state index contributed by atoms with van der Waals surface area (Å²) in [6.45, 7) is 1.37. The Labute approximate surface area is 87.5 Å². The first kappa shape index (κ1) is 9.90. The van der Waals surface area contributed by atoms with Crippen molar-refractivity contribution in [1.29, 1.82) is 0 Å². The first-order valence-corrected chi connectivity index (χ1v) is 4.81. The molecule has 78 valence electrons. The fourth-order valence-corrected chi connectivity index (χ4v) is 1.48. The van der Waals surface area contributed by atoms with Gasteiger partial charge in [-0.05, 0) is 12.1 Å². The van der Waals surface area contributed by atoms with Gasteiger partial charge in [0.2, 0.25) is 6.08 Å². The lowest BCUT2D eigenvalue weighted by Gasteiger charge is -2.11. The second-order valence-electron chi connectivity index (χ2n) is 3.30. The first-order valence-electron chi connectivity index (χ1n) is 4.81. The maximum Gasteiger partial charge on any atom is 0.240 e. The van der Waals surface area contributed by atoms with Crippen molar-refractivity contribution in [1.82, 2.24) is 0 Å². The molecule has 1 fully saturated rings. The molecule has 15 heavy (non-hydrogen) atoms. The molecule has 0 N–H and O–H groups in total. The molecule has 0 saturated carbocycles. The van der Waals surface area contributed by atoms with Gasteiger partial charge in [-0.3, -0.25) is 0 Å². The van der Waals surface area contributed by atoms with Gasteiger partial charge < -0.3 is 9.47 Å². The molecule has 4 nitrogen and oxygen atoms in total. The molecular formula is C11H11NO3. The summed E-state index contributed by atoms with van der Waals surface area (Å²) in [5.74, 6) is 0.710. The third kappa shape index (κ3) is 2.65. The van der Waals surface area contributed by atoms with Crippen molar-refractivity contribution in [2.45, 2.75) is 12.5 Å². The SMILES string of the molecule is O=C=Nc1cccc(O[C@@H]2CCOC2)c1. The van der Waals surface area contributed by atoms with Gasteiger partial charge in [0.1, 0.15) is 11.9 Å². The van der Waals surface area contributed by atoms with Gasteiger partial charge in [0.25, 0.3) is 0 Å². The lowest BCUT2D eigenvalue weighted by Crippen LogP contribution is -2.15. The van der Waals surface area contributed by atoms with Crippen LogP contribution in [-0.2, 0) is 9.53 Å². The predicted molar refractivity (Wildman–Crippen MR) is 54.1 cm³/mol. The van der Waals surface area contributed by atoms with E-state index in [1.165, 1.54) is 6.08 Å². The Kier molecular flexibility index (Phi) is 3.12. The number of hydrogen-bond acceptors (Lipinski definition) is 4. The molecule has 1 aromatic rings. The minimum Gasteiger partial charge on any atom is -0.488 e. The smallest absolute Gasteiger partial charge is 0.240 e. The minimum atomic E-state index is 0.112. The van der Waals surface area contributed by atoms with Gasteiger partial charge in [-0.25, -0.2) is 4.79 Å². The monoisotopic (exact) mass is 205 g/mol. The van der Waals surface area contributed by atoms with Gasteiger partial charge in [0.05, 0.1) is 18.9 Å². The van der Waals surface area contributed by atoms with Crippen LogP contribution in [0, 0.1) is 0 Å². The average Bonchev–Trinajstić information content (AvgIpc) is 2.71. The van der Waals surface area contributed by atoms with Crippen LogP contribution in [0.25, 0.3) is 0 Å². The van der Waals surface area contributed by atoms with Crippen molar-refractivity contribution < 1.29 is 14.3 Å². The van der Waals surface area contributed by atoms with E-state index in [0.717, 1.165) is 13.0 Å². The molecular weight excluding hydrogens is 194 g/mol. The van der Waals surface area contributed by atoms with E-state index in [1.54, 1.807) is 18.2 Å². The second kappa shape index (κ2) is 4.73. The maximum absolute atomic E-state index is 10.1. The topological polar surface area (TPSA) is 47.9 Å². The second-order valence-corrected chi connectivity index (χ2v) is 3.30. The fourth-order valence-electron chi connectivity index (χ4n) is 1.48. The highest BCUT2D eigenvalue weighted by Crippen LogP contribution is 2.22. The van der Waals surface area contributed by atoms with E-state index in [0.29, 0.717) is 18.0 Å². The summed E-state index contributed by atoms with van der Waals surface area (Å²) >= 11 is 0. The molecule has 1 aromatic carbocycles. The van der Waals surface area contributed by atoms with Gasteiger partial charge in [-0.15, -0.1) is 0 Å². The summed E-state index contributed by atoms with van der Waals surface area (Å²) < 4.78 is 10.8. The van der Waals surface area contributed by atoms with E-state index in [2.05, 4.69) is 4.99 Å². The van der Waals surface area contributed by atoms with Crippen LogP contribution in [0.2, 0.25) is 0 Å². The third-order valence-electron chi connectivity index (χ3n) is 2.18. The van der Waals surface area contributed by atoms with E-state index in [1.807, 2.05) is 6.07 Å². The van der Waals surface area contributed by atoms with Crippen LogP contribution >= 0.6 is 0 Å². The highest BCUT2D eigenvalue weighted by atomic mass is 16.5. The van der Waals surface area contributed by atoms with Gasteiger partial charge in [-0.2, -0.15) is 4.99 Å². The summed E-state index contributed by atoms with van der Waals surface area (Å²) in [7, 11) is 0. The number of aliphatic imine (C=N–C) groups is 1. The van der Waals surface area contributed by atoms with Crippen LogP contribution in [0.4, 0.5) is 5.69 Å². The minimum absolute atomic E-state index is 0.112. The number of carbonyl (C=O) groups excluding carboxylic acids is 1. The zero-order chi connectivity index (χ0) is 10.5. The highest BCUT2D eigenvalue weighted by Gasteiger charge is 2.16. The molecule has 2 rings (SSSR count). The third-order valence-corrected chi connectivity index (χ3v) is 2.18. The molecule has 0 unspecified atom stereocenters. The Morgan fingerprint density at radius 1 is 1.53 bits per heavy atom. The fraction of sp³-hybridized carbons (Fsp3) is 0.364. The molecule has 0 radical (unpaired) electrons. The van der Waals surface area contributed by atoms with E-state index in [-0.39, 0.29) is 6.10 Å². The van der Waals surface area contributed by atoms with Gasteiger partial charge in [0.15, 0.2) is 0 Å². The van der Waals surface area contributed by atoms with E-state index in [9.17, 15) is 4.79 Å². The van der Waals surface area contributed by atoms with Gasteiger partial charge in [-0.1, -0.05) is 6.07 Å². The van der Waals surface area contributed by atoms with Gasteiger partial charge >= 0.3 is 0 Å². The molecule has 0 aromatic heterocycles. The number of nitrogens with zero attached hydrogens (tertiary/aromatic N) is 1. The number of isocyanates is 1. The summed E-state index contributed by atoms with van der Waals surface area (Å²) in [5.41, 5.74) is 0.557. The zero-order valence-electron chi connectivity index (χ0n) is 8.18. The average molecular weight is 205 g/mol. The van der Waals surface area contributed by atoms with E-state index < -0.39 is 0 Å². The molecule has 4 heteroatoms. The summed E-state index contributed by atoms with van der Waals surface area (Å²) in [5, 5.41) is 0. The molecule has 1 atom stereocenters. The highest BCUT2D eigenvalue weighted by molar-refractivity contribution is 5.51. The van der Waals surface area contributed by atoms with Crippen LogP contribution in [0.1, 0.15) is 6.42 Å². The largest absolute Gasteiger partial charge is 0.488 e. The molecule has 1 heterocycles. The van der Waals surface area contributed by atoms with Crippen LogP contribution in [0.5, 0.6) is 5.75 Å². The Balaban J connectivity index is 2.06. The Morgan fingerprint density at radius 2 is 2.47 bits per heavy atom. The van der Waals surface area contributed by atoms with Crippen LogP contribution < -0.4 is 4.74 Å². The molecule has 0 bridgehead atoms. The molecule has 1 saturated heterocycles. The zero-order valence-corrected chi connectivity index (χ0v) is 8.18. The summed E-state index contributed by atoms with van der Waals surface area (Å²) in [6, 6.07) is 7.07. The van der Waals surface area contributed by atoms with Crippen LogP contribution in [0.15, 0.2) is 29.3 Å². The molecule has 1 aliphatic rings. The summed E-state index contributed by atoms with van der Waals surface area (Å²) in [4.78, 5) is 13.6. The number of benzene rings is 1. The van der Waals surface area contributed by atoms with E-state index in [4.69, 9.17) is 9.47 Å². The van der Waals surface area contributed by atoms with E-state index >= 15 is 0 Å². The van der Waals surface area contributed by atoms with Crippen molar-refractivity contribution in [3.63, 3.8) is 0 Å². The van der Waals surface area contributed by atoms with Crippen molar-refractivity contribution >= 4 is 11.8 Å². The quantitative estimate of drug-likeness (QED) is 0.558. The molecule has 0 amide bonds. The van der Waals surface area contributed by atoms with Crippen LogP contribution in [0.3, 0.4) is 0 Å². The predicted octanol–water partition coefficient (Wildman–Crippen LogP) is 1.82.